The van der Waals surface area contributed by atoms with Crippen LogP contribution < -0.4 is 16.4 Å². The highest BCUT2D eigenvalue weighted by molar-refractivity contribution is 14.1. The maximum Gasteiger partial charge on any atom is 0.269 e. The molecule has 0 spiro atoms. The van der Waals surface area contributed by atoms with Crippen LogP contribution in [0.25, 0.3) is 0 Å². The fraction of sp³-hybridized carbons (Fsp3) is 0.167. The standard InChI is InChI=1S/C12H13IN4OS/c1-2-15-12-17-10(14)9(19-12)11(18)16-8-5-3-7(13)4-6-8/h3-6H,2,14H2,1H3,(H,15,17)(H,16,18). The molecule has 19 heavy (non-hydrogen) atoms. The molecule has 4 N–H and O–H groups in total. The Morgan fingerprint density at radius 1 is 1.42 bits per heavy atom. The Hall–Kier alpha value is -1.35. The molecular weight excluding hydrogens is 375 g/mol. The Labute approximate surface area is 128 Å². The number of aromatic nitrogens is 1. The minimum absolute atomic E-state index is 0.236. The lowest BCUT2D eigenvalue weighted by Crippen LogP contribution is -2.12. The van der Waals surface area contributed by atoms with Crippen molar-refractivity contribution in [2.45, 2.75) is 6.92 Å². The average Bonchev–Trinajstić information content (AvgIpc) is 2.74. The van der Waals surface area contributed by atoms with E-state index < -0.39 is 0 Å². The second-order valence-electron chi connectivity index (χ2n) is 3.72. The van der Waals surface area contributed by atoms with Crippen LogP contribution in [0, 0.1) is 3.57 Å². The van der Waals surface area contributed by atoms with E-state index in [1.807, 2.05) is 31.2 Å². The van der Waals surface area contributed by atoms with Gasteiger partial charge in [0.05, 0.1) is 0 Å². The van der Waals surface area contributed by atoms with Gasteiger partial charge in [0.15, 0.2) is 5.13 Å². The van der Waals surface area contributed by atoms with Gasteiger partial charge in [-0.3, -0.25) is 4.79 Å². The SMILES string of the molecule is CCNc1nc(N)c(C(=O)Nc2ccc(I)cc2)s1. The van der Waals surface area contributed by atoms with E-state index in [1.165, 1.54) is 11.3 Å². The Kier molecular flexibility index (Phi) is 4.59. The van der Waals surface area contributed by atoms with Gasteiger partial charge in [-0.2, -0.15) is 0 Å². The molecular formula is C12H13IN4OS. The van der Waals surface area contributed by atoms with Crippen molar-refractivity contribution >= 4 is 56.5 Å². The van der Waals surface area contributed by atoms with Gasteiger partial charge in [-0.05, 0) is 53.8 Å². The monoisotopic (exact) mass is 388 g/mol. The van der Waals surface area contributed by atoms with Crippen LogP contribution in [0.1, 0.15) is 16.6 Å². The van der Waals surface area contributed by atoms with E-state index in [1.54, 1.807) is 0 Å². The number of carbonyl (C=O) groups excluding carboxylic acids is 1. The van der Waals surface area contributed by atoms with E-state index in [2.05, 4.69) is 38.2 Å². The van der Waals surface area contributed by atoms with Gasteiger partial charge in [0, 0.05) is 15.8 Å². The molecule has 0 bridgehead atoms. The van der Waals surface area contributed by atoms with Crippen molar-refractivity contribution in [3.05, 3.63) is 32.7 Å². The second-order valence-corrected chi connectivity index (χ2v) is 5.97. The molecule has 5 nitrogen and oxygen atoms in total. The van der Waals surface area contributed by atoms with E-state index in [-0.39, 0.29) is 11.7 Å². The lowest BCUT2D eigenvalue weighted by Gasteiger charge is -2.03. The van der Waals surface area contributed by atoms with Crippen molar-refractivity contribution < 1.29 is 4.79 Å². The first-order chi connectivity index (χ1) is 9.10. The lowest BCUT2D eigenvalue weighted by atomic mass is 10.3. The average molecular weight is 388 g/mol. The van der Waals surface area contributed by atoms with Gasteiger partial charge in [0.1, 0.15) is 10.7 Å². The van der Waals surface area contributed by atoms with Gasteiger partial charge in [0.25, 0.3) is 5.91 Å². The normalized spacial score (nSPS) is 10.2. The van der Waals surface area contributed by atoms with Crippen molar-refractivity contribution in [1.82, 2.24) is 4.98 Å². The third kappa shape index (κ3) is 3.57. The summed E-state index contributed by atoms with van der Waals surface area (Å²) in [6, 6.07) is 7.55. The van der Waals surface area contributed by atoms with Gasteiger partial charge >= 0.3 is 0 Å². The van der Waals surface area contributed by atoms with E-state index in [9.17, 15) is 4.79 Å². The van der Waals surface area contributed by atoms with Crippen LogP contribution in [0.3, 0.4) is 0 Å². The van der Waals surface area contributed by atoms with Crippen LogP contribution in [-0.2, 0) is 0 Å². The summed E-state index contributed by atoms with van der Waals surface area (Å²) in [5.74, 6) is 0.0179. The fourth-order valence-corrected chi connectivity index (χ4v) is 2.65. The molecule has 1 aromatic heterocycles. The number of amides is 1. The lowest BCUT2D eigenvalue weighted by molar-refractivity contribution is 0.103. The fourth-order valence-electron chi connectivity index (χ4n) is 1.44. The first kappa shape index (κ1) is 14.1. The van der Waals surface area contributed by atoms with Crippen molar-refractivity contribution in [3.8, 4) is 0 Å². The van der Waals surface area contributed by atoms with Crippen molar-refractivity contribution in [2.75, 3.05) is 22.9 Å². The minimum Gasteiger partial charge on any atom is -0.382 e. The van der Waals surface area contributed by atoms with Crippen LogP contribution in [0.2, 0.25) is 0 Å². The van der Waals surface area contributed by atoms with Crippen molar-refractivity contribution in [2.24, 2.45) is 0 Å². The van der Waals surface area contributed by atoms with Crippen molar-refractivity contribution in [3.63, 3.8) is 0 Å². The van der Waals surface area contributed by atoms with Crippen LogP contribution in [0.15, 0.2) is 24.3 Å². The zero-order chi connectivity index (χ0) is 13.8. The van der Waals surface area contributed by atoms with Crippen LogP contribution in [0.4, 0.5) is 16.6 Å². The molecule has 1 amide bonds. The number of hydrogen-bond acceptors (Lipinski definition) is 5. The van der Waals surface area contributed by atoms with Gasteiger partial charge in [0.2, 0.25) is 0 Å². The van der Waals surface area contributed by atoms with Crippen LogP contribution in [0.5, 0.6) is 0 Å². The molecule has 2 aromatic rings. The Balaban J connectivity index is 2.13. The maximum absolute atomic E-state index is 12.1. The molecule has 0 atom stereocenters. The molecule has 0 aliphatic rings. The van der Waals surface area contributed by atoms with Crippen molar-refractivity contribution in [1.29, 1.82) is 0 Å². The number of nitrogens with zero attached hydrogens (tertiary/aromatic N) is 1. The summed E-state index contributed by atoms with van der Waals surface area (Å²) >= 11 is 3.46. The molecule has 0 aliphatic carbocycles. The predicted molar refractivity (Wildman–Crippen MR) is 87.8 cm³/mol. The topological polar surface area (TPSA) is 80.0 Å². The quantitative estimate of drug-likeness (QED) is 0.704. The zero-order valence-electron chi connectivity index (χ0n) is 10.2. The Morgan fingerprint density at radius 2 is 2.11 bits per heavy atom. The maximum atomic E-state index is 12.1. The number of hydrogen-bond donors (Lipinski definition) is 3. The van der Waals surface area contributed by atoms with Crippen LogP contribution >= 0.6 is 33.9 Å². The molecule has 2 rings (SSSR count). The molecule has 0 aliphatic heterocycles. The van der Waals surface area contributed by atoms with Crippen LogP contribution in [-0.4, -0.2) is 17.4 Å². The minimum atomic E-state index is -0.236. The molecule has 0 saturated carbocycles. The summed E-state index contributed by atoms with van der Waals surface area (Å²) in [4.78, 5) is 16.6. The first-order valence-corrected chi connectivity index (χ1v) is 7.56. The molecule has 1 aromatic carbocycles. The molecule has 0 radical (unpaired) electrons. The van der Waals surface area contributed by atoms with Gasteiger partial charge in [-0.25, -0.2) is 4.98 Å². The molecule has 1 heterocycles. The summed E-state index contributed by atoms with van der Waals surface area (Å²) in [5.41, 5.74) is 6.49. The van der Waals surface area contributed by atoms with Gasteiger partial charge in [-0.1, -0.05) is 11.3 Å². The highest BCUT2D eigenvalue weighted by Gasteiger charge is 2.16. The van der Waals surface area contributed by atoms with E-state index >= 15 is 0 Å². The van der Waals surface area contributed by atoms with Gasteiger partial charge < -0.3 is 16.4 Å². The number of nitrogens with one attached hydrogen (secondary N) is 2. The number of nitrogen functional groups attached to an aromatic ring is 1. The third-order valence-electron chi connectivity index (χ3n) is 2.29. The zero-order valence-corrected chi connectivity index (χ0v) is 13.2. The van der Waals surface area contributed by atoms with E-state index in [0.29, 0.717) is 10.0 Å². The number of benzene rings is 1. The third-order valence-corrected chi connectivity index (χ3v) is 4.04. The predicted octanol–water partition coefficient (Wildman–Crippen LogP) is 3.01. The summed E-state index contributed by atoms with van der Waals surface area (Å²) in [7, 11) is 0. The molecule has 0 unspecified atom stereocenters. The Bertz CT molecular complexity index is 582. The van der Waals surface area contributed by atoms with E-state index in [0.717, 1.165) is 15.8 Å². The summed E-state index contributed by atoms with van der Waals surface area (Å²) in [6.07, 6.45) is 0. The number of halogens is 1. The summed E-state index contributed by atoms with van der Waals surface area (Å²) < 4.78 is 1.11. The van der Waals surface area contributed by atoms with Gasteiger partial charge in [-0.15, -0.1) is 0 Å². The summed E-state index contributed by atoms with van der Waals surface area (Å²) in [5, 5.41) is 6.50. The number of anilines is 3. The number of carbonyl (C=O) groups is 1. The number of nitrogens with two attached hydrogens (primary N) is 1. The molecule has 0 saturated heterocycles. The number of rotatable bonds is 4. The second kappa shape index (κ2) is 6.20. The highest BCUT2D eigenvalue weighted by atomic mass is 127. The largest absolute Gasteiger partial charge is 0.382 e. The molecule has 0 fully saturated rings. The first-order valence-electron chi connectivity index (χ1n) is 5.67. The summed E-state index contributed by atoms with van der Waals surface area (Å²) in [6.45, 7) is 2.70. The molecule has 100 valence electrons. The Morgan fingerprint density at radius 3 is 2.74 bits per heavy atom. The van der Waals surface area contributed by atoms with E-state index in [4.69, 9.17) is 5.73 Å². The smallest absolute Gasteiger partial charge is 0.269 e. The molecule has 7 heteroatoms. The highest BCUT2D eigenvalue weighted by Crippen LogP contribution is 2.25. The number of thiazole rings is 1.